The van der Waals surface area contributed by atoms with Crippen molar-refractivity contribution < 1.29 is 4.74 Å². The molecule has 0 saturated heterocycles. The molecule has 5 heteroatoms. The fraction of sp³-hybridized carbons (Fsp3) is 0.692. The van der Waals surface area contributed by atoms with Crippen LogP contribution < -0.4 is 15.4 Å². The number of rotatable bonds is 4. The van der Waals surface area contributed by atoms with E-state index >= 15 is 0 Å². The highest BCUT2D eigenvalue weighted by molar-refractivity contribution is 5.67. The van der Waals surface area contributed by atoms with Gasteiger partial charge < -0.3 is 15.4 Å². The molecular formula is C13H24N4O. The van der Waals surface area contributed by atoms with E-state index in [0.717, 1.165) is 5.82 Å². The summed E-state index contributed by atoms with van der Waals surface area (Å²) in [6.45, 7) is 11.2. The van der Waals surface area contributed by atoms with Gasteiger partial charge in [0, 0.05) is 13.1 Å². The topological polar surface area (TPSA) is 64.3 Å². The van der Waals surface area contributed by atoms with E-state index in [4.69, 9.17) is 10.5 Å². The molecule has 0 amide bonds. The Kier molecular flexibility index (Phi) is 4.38. The van der Waals surface area contributed by atoms with Crippen molar-refractivity contribution >= 4 is 11.5 Å². The largest absolute Gasteiger partial charge is 0.476 e. The van der Waals surface area contributed by atoms with Gasteiger partial charge in [0.05, 0.1) is 6.61 Å². The summed E-state index contributed by atoms with van der Waals surface area (Å²) in [4.78, 5) is 10.4. The molecule has 1 unspecified atom stereocenters. The van der Waals surface area contributed by atoms with Gasteiger partial charge in [0.15, 0.2) is 5.82 Å². The minimum Gasteiger partial charge on any atom is -0.476 e. The zero-order valence-corrected chi connectivity index (χ0v) is 12.2. The molecule has 1 atom stereocenters. The van der Waals surface area contributed by atoms with Crippen LogP contribution in [0.5, 0.6) is 5.88 Å². The van der Waals surface area contributed by atoms with Gasteiger partial charge in [-0.2, -0.15) is 4.98 Å². The van der Waals surface area contributed by atoms with Crippen LogP contribution in [0.4, 0.5) is 11.5 Å². The van der Waals surface area contributed by atoms with Crippen LogP contribution in [0.3, 0.4) is 0 Å². The molecule has 2 N–H and O–H groups in total. The number of nitrogens with two attached hydrogens (primary N) is 1. The van der Waals surface area contributed by atoms with Gasteiger partial charge in [-0.25, -0.2) is 4.98 Å². The highest BCUT2D eigenvalue weighted by Gasteiger charge is 2.26. The van der Waals surface area contributed by atoms with E-state index in [-0.39, 0.29) is 5.41 Å². The van der Waals surface area contributed by atoms with Crippen LogP contribution >= 0.6 is 0 Å². The van der Waals surface area contributed by atoms with Crippen LogP contribution in [0, 0.1) is 5.41 Å². The summed E-state index contributed by atoms with van der Waals surface area (Å²) in [5.74, 6) is 1.17. The third-order valence-electron chi connectivity index (χ3n) is 3.28. The Balaban J connectivity index is 3.06. The SMILES string of the molecule is CCOc1ncnc(N(C)C(C)C(C)(C)C)c1N. The molecule has 0 aliphatic carbocycles. The van der Waals surface area contributed by atoms with E-state index in [0.29, 0.717) is 24.2 Å². The van der Waals surface area contributed by atoms with E-state index in [1.165, 1.54) is 6.33 Å². The lowest BCUT2D eigenvalue weighted by Crippen LogP contribution is -2.40. The number of nitrogens with zero attached hydrogens (tertiary/aromatic N) is 3. The first-order valence-electron chi connectivity index (χ1n) is 6.25. The summed E-state index contributed by atoms with van der Waals surface area (Å²) in [6.07, 6.45) is 1.49. The normalized spacial score (nSPS) is 13.2. The summed E-state index contributed by atoms with van der Waals surface area (Å²) < 4.78 is 5.39. The summed E-state index contributed by atoms with van der Waals surface area (Å²) >= 11 is 0. The lowest BCUT2D eigenvalue weighted by atomic mass is 9.87. The Morgan fingerprint density at radius 3 is 2.50 bits per heavy atom. The molecule has 0 aliphatic heterocycles. The third kappa shape index (κ3) is 3.03. The fourth-order valence-corrected chi connectivity index (χ4v) is 1.67. The molecule has 1 aromatic rings. The lowest BCUT2D eigenvalue weighted by molar-refractivity contribution is 0.322. The quantitative estimate of drug-likeness (QED) is 0.891. The lowest BCUT2D eigenvalue weighted by Gasteiger charge is -2.36. The van der Waals surface area contributed by atoms with Gasteiger partial charge in [0.1, 0.15) is 12.0 Å². The van der Waals surface area contributed by atoms with Crippen molar-refractivity contribution in [2.75, 3.05) is 24.3 Å². The molecule has 0 bridgehead atoms. The minimum absolute atomic E-state index is 0.137. The zero-order chi connectivity index (χ0) is 13.9. The number of nitrogen functional groups attached to an aromatic ring is 1. The Morgan fingerprint density at radius 2 is 2.00 bits per heavy atom. The van der Waals surface area contributed by atoms with Crippen LogP contribution in [0.2, 0.25) is 0 Å². The zero-order valence-electron chi connectivity index (χ0n) is 12.2. The molecule has 0 fully saturated rings. The van der Waals surface area contributed by atoms with Gasteiger partial charge in [-0.05, 0) is 19.3 Å². The number of hydrogen-bond acceptors (Lipinski definition) is 5. The van der Waals surface area contributed by atoms with Gasteiger partial charge in [0.2, 0.25) is 5.88 Å². The van der Waals surface area contributed by atoms with Gasteiger partial charge in [0.25, 0.3) is 0 Å². The van der Waals surface area contributed by atoms with Crippen molar-refractivity contribution in [2.24, 2.45) is 5.41 Å². The smallest absolute Gasteiger partial charge is 0.242 e. The molecule has 0 spiro atoms. The van der Waals surface area contributed by atoms with E-state index in [2.05, 4.69) is 42.6 Å². The van der Waals surface area contributed by atoms with Crippen molar-refractivity contribution in [1.82, 2.24) is 9.97 Å². The number of anilines is 2. The van der Waals surface area contributed by atoms with Crippen molar-refractivity contribution in [3.8, 4) is 5.88 Å². The summed E-state index contributed by atoms with van der Waals surface area (Å²) in [5, 5.41) is 0. The highest BCUT2D eigenvalue weighted by Crippen LogP contribution is 2.32. The van der Waals surface area contributed by atoms with E-state index in [1.807, 2.05) is 14.0 Å². The Hall–Kier alpha value is -1.52. The second kappa shape index (κ2) is 5.42. The summed E-state index contributed by atoms with van der Waals surface area (Å²) in [5.41, 5.74) is 6.69. The predicted octanol–water partition coefficient (Wildman–Crippen LogP) is 2.33. The second-order valence-electron chi connectivity index (χ2n) is 5.50. The van der Waals surface area contributed by atoms with Gasteiger partial charge in [-0.1, -0.05) is 20.8 Å². The highest BCUT2D eigenvalue weighted by atomic mass is 16.5. The first kappa shape index (κ1) is 14.5. The molecule has 0 aliphatic rings. The Labute approximate surface area is 109 Å². The number of aromatic nitrogens is 2. The van der Waals surface area contributed by atoms with Crippen LogP contribution in [0.25, 0.3) is 0 Å². The maximum atomic E-state index is 6.06. The molecule has 0 radical (unpaired) electrons. The van der Waals surface area contributed by atoms with Crippen LogP contribution in [-0.2, 0) is 0 Å². The van der Waals surface area contributed by atoms with Crippen molar-refractivity contribution in [1.29, 1.82) is 0 Å². The second-order valence-corrected chi connectivity index (χ2v) is 5.50. The van der Waals surface area contributed by atoms with Crippen molar-refractivity contribution in [3.05, 3.63) is 6.33 Å². The van der Waals surface area contributed by atoms with Crippen LogP contribution in [0.1, 0.15) is 34.6 Å². The maximum Gasteiger partial charge on any atom is 0.242 e. The summed E-state index contributed by atoms with van der Waals surface area (Å²) in [7, 11) is 1.99. The van der Waals surface area contributed by atoms with Crippen molar-refractivity contribution in [3.63, 3.8) is 0 Å². The van der Waals surface area contributed by atoms with E-state index < -0.39 is 0 Å². The first-order valence-corrected chi connectivity index (χ1v) is 6.25. The Morgan fingerprint density at radius 1 is 1.39 bits per heavy atom. The average molecular weight is 252 g/mol. The molecule has 0 saturated carbocycles. The molecule has 0 aromatic carbocycles. The molecule has 102 valence electrons. The molecule has 18 heavy (non-hydrogen) atoms. The minimum atomic E-state index is 0.137. The van der Waals surface area contributed by atoms with E-state index in [1.54, 1.807) is 0 Å². The fourth-order valence-electron chi connectivity index (χ4n) is 1.67. The average Bonchev–Trinajstić information content (AvgIpc) is 2.29. The molecule has 5 nitrogen and oxygen atoms in total. The number of hydrogen-bond donors (Lipinski definition) is 1. The van der Waals surface area contributed by atoms with Gasteiger partial charge in [-0.15, -0.1) is 0 Å². The maximum absolute atomic E-state index is 6.06. The molecule has 1 rings (SSSR count). The van der Waals surface area contributed by atoms with Crippen molar-refractivity contribution in [2.45, 2.75) is 40.7 Å². The Bertz CT molecular complexity index is 400. The van der Waals surface area contributed by atoms with Gasteiger partial charge >= 0.3 is 0 Å². The predicted molar refractivity (Wildman–Crippen MR) is 74.9 cm³/mol. The standard InChI is InChI=1S/C13H24N4O/c1-7-18-12-10(14)11(15-8-16-12)17(6)9(2)13(3,4)5/h8-9H,7,14H2,1-6H3. The molecule has 1 aromatic heterocycles. The van der Waals surface area contributed by atoms with E-state index in [9.17, 15) is 0 Å². The molecular weight excluding hydrogens is 228 g/mol. The molecule has 1 heterocycles. The van der Waals surface area contributed by atoms with Gasteiger partial charge in [-0.3, -0.25) is 0 Å². The van der Waals surface area contributed by atoms with Crippen LogP contribution in [0.15, 0.2) is 6.33 Å². The summed E-state index contributed by atoms with van der Waals surface area (Å²) in [6, 6.07) is 0.296. The number of ether oxygens (including phenoxy) is 1. The first-order chi connectivity index (χ1) is 8.29. The van der Waals surface area contributed by atoms with Crippen LogP contribution in [-0.4, -0.2) is 29.7 Å². The third-order valence-corrected chi connectivity index (χ3v) is 3.28. The monoisotopic (exact) mass is 252 g/mol.